The van der Waals surface area contributed by atoms with E-state index in [0.29, 0.717) is 41.4 Å². The predicted octanol–water partition coefficient (Wildman–Crippen LogP) is 5.63. The minimum absolute atomic E-state index is 0.0222. The van der Waals surface area contributed by atoms with Crippen molar-refractivity contribution >= 4 is 18.1 Å². The molecule has 54 heavy (non-hydrogen) atoms. The summed E-state index contributed by atoms with van der Waals surface area (Å²) >= 11 is 0. The lowest BCUT2D eigenvalue weighted by Gasteiger charge is -2.59. The standard InChI is InChI=1S/C41H54N2O11/c1-4-20-52-41-37(43(40(48)49-2)16-21-51-22-19-46)26-35(42-50-3)33-24-29(11-5-7-17-44)32(13-6-8-18-45)38(39(33)41)34-25-31(14-15-36(34)54-41)53-30-12-9-10-28(23-30)27-47/h4,9-10,12,14-15,23-25,27,29,32,37-39,44-46H,1,5-8,11,13,16-22,26H2,2-3H3/t29-,32+,37-,38+,39+,41+/m0/s1. The molecule has 1 saturated carbocycles. The number of aliphatic hydroxyl groups excluding tert-OH is 3. The van der Waals surface area contributed by atoms with Crippen molar-refractivity contribution in [3.63, 3.8) is 0 Å². The summed E-state index contributed by atoms with van der Waals surface area (Å²) in [4.78, 5) is 32.3. The van der Waals surface area contributed by atoms with Crippen LogP contribution in [-0.4, -0.2) is 111 Å². The normalized spacial score (nSPS) is 24.7. The predicted molar refractivity (Wildman–Crippen MR) is 201 cm³/mol. The molecule has 0 radical (unpaired) electrons. The fourth-order valence-electron chi connectivity index (χ4n) is 8.43. The smallest absolute Gasteiger partial charge is 0.410 e. The Morgan fingerprint density at radius 3 is 2.50 bits per heavy atom. The van der Waals surface area contributed by atoms with Gasteiger partial charge in [0.25, 0.3) is 0 Å². The van der Waals surface area contributed by atoms with Crippen molar-refractivity contribution in [1.82, 2.24) is 4.90 Å². The van der Waals surface area contributed by atoms with Gasteiger partial charge in [-0.25, -0.2) is 4.79 Å². The largest absolute Gasteiger partial charge is 0.459 e. The number of hydrogen-bond donors (Lipinski definition) is 3. The third kappa shape index (κ3) is 8.98. The number of rotatable bonds is 21. The van der Waals surface area contributed by atoms with E-state index >= 15 is 0 Å². The van der Waals surface area contributed by atoms with Gasteiger partial charge >= 0.3 is 6.09 Å². The zero-order chi connectivity index (χ0) is 38.5. The van der Waals surface area contributed by atoms with Crippen LogP contribution in [0.15, 0.2) is 71.9 Å². The van der Waals surface area contributed by atoms with Crippen molar-refractivity contribution < 1.29 is 53.4 Å². The minimum atomic E-state index is -1.46. The molecule has 3 aliphatic rings. The molecule has 2 aliphatic carbocycles. The third-order valence-electron chi connectivity index (χ3n) is 10.6. The van der Waals surface area contributed by atoms with Gasteiger partial charge in [-0.2, -0.15) is 0 Å². The number of ether oxygens (including phenoxy) is 5. The van der Waals surface area contributed by atoms with E-state index in [0.717, 1.165) is 43.1 Å². The number of allylic oxidation sites excluding steroid dienone is 1. The molecule has 294 valence electrons. The quantitative estimate of drug-likeness (QED) is 0.0627. The molecule has 0 aromatic heterocycles. The second kappa shape index (κ2) is 19.9. The van der Waals surface area contributed by atoms with Gasteiger partial charge in [0, 0.05) is 43.2 Å². The zero-order valence-corrected chi connectivity index (χ0v) is 31.3. The molecule has 3 N–H and O–H groups in total. The maximum Gasteiger partial charge on any atom is 0.410 e. The lowest BCUT2D eigenvalue weighted by Crippen LogP contribution is -2.70. The summed E-state index contributed by atoms with van der Waals surface area (Å²) in [5.74, 6) is -0.509. The van der Waals surface area contributed by atoms with Crippen molar-refractivity contribution in [1.29, 1.82) is 0 Å². The number of aliphatic hydroxyl groups is 3. The monoisotopic (exact) mass is 750 g/mol. The highest BCUT2D eigenvalue weighted by Gasteiger charge is 2.65. The maximum atomic E-state index is 13.7. The van der Waals surface area contributed by atoms with Gasteiger partial charge in [0.2, 0.25) is 5.79 Å². The van der Waals surface area contributed by atoms with E-state index in [9.17, 15) is 24.9 Å². The first-order chi connectivity index (χ1) is 26.4. The van der Waals surface area contributed by atoms with E-state index in [-0.39, 0.29) is 70.4 Å². The van der Waals surface area contributed by atoms with E-state index in [1.165, 1.54) is 14.2 Å². The molecule has 13 nitrogen and oxygen atoms in total. The van der Waals surface area contributed by atoms with E-state index < -0.39 is 23.8 Å². The molecule has 0 spiro atoms. The van der Waals surface area contributed by atoms with Crippen LogP contribution >= 0.6 is 0 Å². The number of nitrogens with zero attached hydrogens (tertiary/aromatic N) is 2. The molecular formula is C41H54N2O11. The van der Waals surface area contributed by atoms with E-state index in [1.807, 2.05) is 18.2 Å². The highest BCUT2D eigenvalue weighted by atomic mass is 16.7. The SMILES string of the molecule is C=CCO[C@@]12Oc3ccc(Oc4cccc(C=O)c4)cc3[C@H]3[C@H](CCCCO)[C@@H](CCCCO)C=C(C(=NOC)C[C@@H]1N(CCOCCO)C(=O)OC)[C@H]32. The second-order valence-corrected chi connectivity index (χ2v) is 13.7. The van der Waals surface area contributed by atoms with Gasteiger partial charge in [0.15, 0.2) is 0 Å². The topological polar surface area (TPSA) is 166 Å². The van der Waals surface area contributed by atoms with Crippen LogP contribution in [0.4, 0.5) is 4.79 Å². The first-order valence-electron chi connectivity index (χ1n) is 18.8. The Labute approximate surface area is 317 Å². The van der Waals surface area contributed by atoms with Gasteiger partial charge in [0.1, 0.15) is 36.7 Å². The molecule has 13 heteroatoms. The van der Waals surface area contributed by atoms with Gasteiger partial charge in [0.05, 0.1) is 45.2 Å². The maximum absolute atomic E-state index is 13.7. The Hall–Kier alpha value is -4.27. The Kier molecular flexibility index (Phi) is 15.1. The number of carbonyl (C=O) groups is 2. The average Bonchev–Trinajstić information content (AvgIpc) is 3.19. The molecule has 1 heterocycles. The van der Waals surface area contributed by atoms with Crippen LogP contribution in [0.1, 0.15) is 66.8 Å². The highest BCUT2D eigenvalue weighted by molar-refractivity contribution is 6.03. The lowest BCUT2D eigenvalue weighted by molar-refractivity contribution is -0.255. The summed E-state index contributed by atoms with van der Waals surface area (Å²) in [7, 11) is 2.81. The Bertz CT molecular complexity index is 1630. The Balaban J connectivity index is 1.74. The molecule has 2 aromatic carbocycles. The van der Waals surface area contributed by atoms with E-state index in [1.54, 1.807) is 35.2 Å². The molecule has 0 saturated heterocycles. The van der Waals surface area contributed by atoms with Gasteiger partial charge in [-0.15, -0.1) is 6.58 Å². The zero-order valence-electron chi connectivity index (χ0n) is 31.3. The molecule has 0 unspecified atom stereocenters. The molecular weight excluding hydrogens is 696 g/mol. The number of oxime groups is 1. The number of benzene rings is 2. The summed E-state index contributed by atoms with van der Waals surface area (Å²) in [5.41, 5.74) is 2.92. The molecule has 0 bridgehead atoms. The van der Waals surface area contributed by atoms with Crippen molar-refractivity contribution in [2.24, 2.45) is 22.9 Å². The van der Waals surface area contributed by atoms with Gasteiger partial charge < -0.3 is 43.8 Å². The molecule has 1 fully saturated rings. The number of methoxy groups -OCH3 is 1. The summed E-state index contributed by atoms with van der Waals surface area (Å²) in [6, 6.07) is 11.8. The first kappa shape index (κ1) is 40.9. The van der Waals surface area contributed by atoms with Crippen molar-refractivity contribution in [2.75, 3.05) is 60.4 Å². The van der Waals surface area contributed by atoms with Crippen LogP contribution in [-0.2, 0) is 19.0 Å². The Morgan fingerprint density at radius 1 is 1.02 bits per heavy atom. The van der Waals surface area contributed by atoms with Crippen molar-refractivity contribution in [2.45, 2.75) is 62.7 Å². The van der Waals surface area contributed by atoms with Gasteiger partial charge in [-0.1, -0.05) is 42.3 Å². The number of fused-ring (bicyclic) bond motifs is 2. The van der Waals surface area contributed by atoms with E-state index in [2.05, 4.69) is 17.8 Å². The fourth-order valence-corrected chi connectivity index (χ4v) is 8.43. The minimum Gasteiger partial charge on any atom is -0.459 e. The summed E-state index contributed by atoms with van der Waals surface area (Å²) in [5, 5.41) is 33.5. The highest BCUT2D eigenvalue weighted by Crippen LogP contribution is 2.62. The first-order valence-corrected chi connectivity index (χ1v) is 18.8. The molecule has 2 aromatic rings. The second-order valence-electron chi connectivity index (χ2n) is 13.7. The number of unbranched alkanes of at least 4 members (excludes halogenated alkanes) is 2. The van der Waals surface area contributed by atoms with Crippen LogP contribution in [0, 0.1) is 17.8 Å². The molecule has 5 rings (SSSR count). The third-order valence-corrected chi connectivity index (χ3v) is 10.6. The van der Waals surface area contributed by atoms with Crippen LogP contribution in [0.3, 0.4) is 0 Å². The summed E-state index contributed by atoms with van der Waals surface area (Å²) in [6.07, 6.45) is 8.73. The number of hydrogen-bond acceptors (Lipinski definition) is 12. The molecule has 1 amide bonds. The number of aldehydes is 1. The van der Waals surface area contributed by atoms with Gasteiger partial charge in [-0.05, 0) is 73.4 Å². The van der Waals surface area contributed by atoms with Gasteiger partial charge in [-0.3, -0.25) is 9.69 Å². The van der Waals surface area contributed by atoms with Crippen LogP contribution in [0.5, 0.6) is 17.2 Å². The number of carbonyl (C=O) groups excluding carboxylic acids is 2. The fraction of sp³-hybridized carbons (Fsp3) is 0.537. The summed E-state index contributed by atoms with van der Waals surface area (Å²) < 4.78 is 31.3. The molecule has 6 atom stereocenters. The van der Waals surface area contributed by atoms with Crippen LogP contribution in [0.2, 0.25) is 0 Å². The summed E-state index contributed by atoms with van der Waals surface area (Å²) in [6.45, 7) is 4.39. The van der Waals surface area contributed by atoms with Crippen LogP contribution < -0.4 is 9.47 Å². The van der Waals surface area contributed by atoms with Crippen molar-refractivity contribution in [3.8, 4) is 17.2 Å². The van der Waals surface area contributed by atoms with E-state index in [4.69, 9.17) is 28.5 Å². The molecule has 1 aliphatic heterocycles. The lowest BCUT2D eigenvalue weighted by atomic mass is 9.55. The Morgan fingerprint density at radius 2 is 1.80 bits per heavy atom. The van der Waals surface area contributed by atoms with Crippen molar-refractivity contribution in [3.05, 3.63) is 77.9 Å². The average molecular weight is 751 g/mol. The number of amides is 1. The van der Waals surface area contributed by atoms with Crippen LogP contribution in [0.25, 0.3) is 0 Å².